The highest BCUT2D eigenvalue weighted by molar-refractivity contribution is 7.45. The van der Waals surface area contributed by atoms with Crippen molar-refractivity contribution in [2.45, 2.75) is 6.23 Å². The first kappa shape index (κ1) is 10.6. The van der Waals surface area contributed by atoms with Crippen molar-refractivity contribution >= 4 is 15.6 Å². The molecule has 2 atom stereocenters. The second-order valence-corrected chi connectivity index (χ2v) is 7.31. The van der Waals surface area contributed by atoms with Crippen molar-refractivity contribution in [2.75, 3.05) is 44.3 Å². The smallest absolute Gasteiger partial charge is 0.345 e. The van der Waals surface area contributed by atoms with Gasteiger partial charge in [-0.05, 0) is 0 Å². The molecular formula is C8H15NO3P2+2. The van der Waals surface area contributed by atoms with Gasteiger partial charge < -0.3 is 4.74 Å². The highest BCUT2D eigenvalue weighted by Gasteiger charge is 2.37. The molecule has 0 saturated carbocycles. The van der Waals surface area contributed by atoms with E-state index in [9.17, 15) is 9.13 Å². The van der Waals surface area contributed by atoms with Crippen molar-refractivity contribution in [2.24, 2.45) is 0 Å². The predicted molar refractivity (Wildman–Crippen MR) is 56.0 cm³/mol. The molecule has 0 radical (unpaired) electrons. The molecular weight excluding hydrogens is 220 g/mol. The number of hydrogen-bond acceptors (Lipinski definition) is 4. The predicted octanol–water partition coefficient (Wildman–Crippen LogP) is 1.31. The second-order valence-electron chi connectivity index (χ2n) is 3.68. The first-order valence-corrected chi connectivity index (χ1v) is 8.21. The lowest BCUT2D eigenvalue weighted by atomic mass is 10.4. The van der Waals surface area contributed by atoms with Gasteiger partial charge in [-0.25, -0.2) is 0 Å². The zero-order valence-corrected chi connectivity index (χ0v) is 9.88. The summed E-state index contributed by atoms with van der Waals surface area (Å²) in [5, 5.41) is 0. The summed E-state index contributed by atoms with van der Waals surface area (Å²) in [4.78, 5) is 2.18. The molecule has 2 heterocycles. The van der Waals surface area contributed by atoms with Crippen LogP contribution in [0.15, 0.2) is 0 Å². The summed E-state index contributed by atoms with van der Waals surface area (Å²) >= 11 is 0. The lowest BCUT2D eigenvalue weighted by Gasteiger charge is -2.29. The van der Waals surface area contributed by atoms with E-state index in [4.69, 9.17) is 4.74 Å². The molecule has 0 aromatic rings. The summed E-state index contributed by atoms with van der Waals surface area (Å²) in [5.74, 6) is 0. The van der Waals surface area contributed by atoms with Crippen LogP contribution in [0.5, 0.6) is 0 Å². The van der Waals surface area contributed by atoms with Crippen molar-refractivity contribution in [3.05, 3.63) is 0 Å². The van der Waals surface area contributed by atoms with E-state index >= 15 is 0 Å². The van der Waals surface area contributed by atoms with Crippen LogP contribution >= 0.6 is 15.6 Å². The highest BCUT2D eigenvalue weighted by atomic mass is 31.1. The van der Waals surface area contributed by atoms with E-state index in [-0.39, 0.29) is 6.23 Å². The van der Waals surface area contributed by atoms with Crippen molar-refractivity contribution in [3.8, 4) is 0 Å². The zero-order chi connectivity index (χ0) is 9.97. The first-order chi connectivity index (χ1) is 6.75. The normalized spacial score (nSPS) is 33.3. The molecule has 0 aromatic heterocycles. The van der Waals surface area contributed by atoms with E-state index in [1.54, 1.807) is 0 Å². The average Bonchev–Trinajstić information content (AvgIpc) is 2.19. The fourth-order valence-electron chi connectivity index (χ4n) is 1.82. The Hall–Kier alpha value is 0.120. The third-order valence-electron chi connectivity index (χ3n) is 2.69. The minimum Gasteiger partial charge on any atom is -0.354 e. The monoisotopic (exact) mass is 235 g/mol. The maximum absolute atomic E-state index is 11.4. The Labute approximate surface area is 85.6 Å². The number of ether oxygens (including phenoxy) is 1. The third-order valence-corrected chi connectivity index (χ3v) is 5.49. The fourth-order valence-corrected chi connectivity index (χ4v) is 4.18. The molecule has 0 N–H and O–H groups in total. The van der Waals surface area contributed by atoms with Gasteiger partial charge in [0.25, 0.3) is 0 Å². The van der Waals surface area contributed by atoms with Gasteiger partial charge in [0.05, 0.1) is 6.61 Å². The average molecular weight is 235 g/mol. The van der Waals surface area contributed by atoms with Crippen molar-refractivity contribution in [1.29, 1.82) is 0 Å². The molecule has 78 valence electrons. The Morgan fingerprint density at radius 3 is 2.43 bits per heavy atom. The second kappa shape index (κ2) is 4.76. The highest BCUT2D eigenvalue weighted by Crippen LogP contribution is 2.31. The van der Waals surface area contributed by atoms with E-state index in [1.807, 2.05) is 0 Å². The van der Waals surface area contributed by atoms with Crippen molar-refractivity contribution < 1.29 is 13.9 Å². The number of nitrogens with zero attached hydrogens (tertiary/aromatic N) is 1. The molecule has 4 nitrogen and oxygen atoms in total. The SMILES string of the molecule is O=[P+]1CCN(C2C[P+](=O)CCO2)CC1. The Morgan fingerprint density at radius 1 is 1.07 bits per heavy atom. The Morgan fingerprint density at radius 2 is 1.79 bits per heavy atom. The first-order valence-electron chi connectivity index (χ1n) is 4.95. The minimum atomic E-state index is -1.06. The molecule has 14 heavy (non-hydrogen) atoms. The maximum atomic E-state index is 11.4. The molecule has 0 bridgehead atoms. The van der Waals surface area contributed by atoms with Crippen LogP contribution in [-0.4, -0.2) is 55.5 Å². The summed E-state index contributed by atoms with van der Waals surface area (Å²) < 4.78 is 28.1. The van der Waals surface area contributed by atoms with Crippen LogP contribution in [-0.2, 0) is 13.9 Å². The Bertz CT molecular complexity index is 249. The quantitative estimate of drug-likeness (QED) is 0.643. The molecule has 0 aliphatic carbocycles. The lowest BCUT2D eigenvalue weighted by Crippen LogP contribution is -2.45. The third kappa shape index (κ3) is 2.58. The van der Waals surface area contributed by atoms with Gasteiger partial charge in [-0.1, -0.05) is 9.13 Å². The fraction of sp³-hybridized carbons (Fsp3) is 1.00. The topological polar surface area (TPSA) is 46.6 Å². The molecule has 2 aliphatic rings. The van der Waals surface area contributed by atoms with Crippen LogP contribution in [0.3, 0.4) is 0 Å². The zero-order valence-electron chi connectivity index (χ0n) is 8.09. The molecule has 0 amide bonds. The lowest BCUT2D eigenvalue weighted by molar-refractivity contribution is -0.0399. The van der Waals surface area contributed by atoms with Gasteiger partial charge >= 0.3 is 15.6 Å². The molecule has 0 spiro atoms. The Kier molecular flexibility index (Phi) is 3.62. The van der Waals surface area contributed by atoms with Crippen LogP contribution in [0.2, 0.25) is 0 Å². The van der Waals surface area contributed by atoms with E-state index in [0.717, 1.165) is 25.4 Å². The molecule has 6 heteroatoms. The van der Waals surface area contributed by atoms with Gasteiger partial charge in [0.2, 0.25) is 0 Å². The van der Waals surface area contributed by atoms with Crippen LogP contribution in [0.4, 0.5) is 0 Å². The van der Waals surface area contributed by atoms with Crippen molar-refractivity contribution in [3.63, 3.8) is 0 Å². The van der Waals surface area contributed by atoms with E-state index < -0.39 is 15.6 Å². The molecule has 2 rings (SSSR count). The summed E-state index contributed by atoms with van der Waals surface area (Å²) in [6, 6.07) is 0. The summed E-state index contributed by atoms with van der Waals surface area (Å²) in [5.41, 5.74) is 0. The number of hydrogen-bond donors (Lipinski definition) is 0. The van der Waals surface area contributed by atoms with Gasteiger partial charge in [0.15, 0.2) is 30.9 Å². The largest absolute Gasteiger partial charge is 0.354 e. The van der Waals surface area contributed by atoms with Crippen LogP contribution in [0.25, 0.3) is 0 Å². The molecule has 2 saturated heterocycles. The van der Waals surface area contributed by atoms with Gasteiger partial charge in [-0.2, -0.15) is 0 Å². The van der Waals surface area contributed by atoms with Crippen molar-refractivity contribution in [1.82, 2.24) is 4.90 Å². The van der Waals surface area contributed by atoms with Crippen LogP contribution < -0.4 is 0 Å². The molecule has 2 unspecified atom stereocenters. The van der Waals surface area contributed by atoms with Gasteiger partial charge in [0.1, 0.15) is 0 Å². The minimum absolute atomic E-state index is 0.0241. The Balaban J connectivity index is 1.88. The molecule has 2 aliphatic heterocycles. The van der Waals surface area contributed by atoms with Gasteiger partial charge in [0, 0.05) is 13.1 Å². The van der Waals surface area contributed by atoms with Crippen LogP contribution in [0, 0.1) is 0 Å². The van der Waals surface area contributed by atoms with E-state index in [0.29, 0.717) is 18.9 Å². The van der Waals surface area contributed by atoms with Gasteiger partial charge in [-0.15, -0.1) is 0 Å². The van der Waals surface area contributed by atoms with E-state index in [2.05, 4.69) is 4.90 Å². The summed E-state index contributed by atoms with van der Waals surface area (Å²) in [6.07, 6.45) is 2.92. The summed E-state index contributed by atoms with van der Waals surface area (Å²) in [7, 11) is -2.03. The summed E-state index contributed by atoms with van der Waals surface area (Å²) in [6.45, 7) is 2.29. The number of rotatable bonds is 1. The van der Waals surface area contributed by atoms with E-state index in [1.165, 1.54) is 0 Å². The van der Waals surface area contributed by atoms with Crippen LogP contribution in [0.1, 0.15) is 0 Å². The molecule has 2 fully saturated rings. The maximum Gasteiger partial charge on any atom is 0.345 e. The standard InChI is InChI=1S/C8H15NO3P2/c10-13-4-1-9(2-5-13)8-7-14(11)6-3-12-8/h8H,1-7H2/q+2. The molecule has 0 aromatic carbocycles. The van der Waals surface area contributed by atoms with Gasteiger partial charge in [-0.3, -0.25) is 4.90 Å².